The zero-order valence-electron chi connectivity index (χ0n) is 10.7. The van der Waals surface area contributed by atoms with E-state index < -0.39 is 0 Å². The predicted molar refractivity (Wildman–Crippen MR) is 69.5 cm³/mol. The van der Waals surface area contributed by atoms with Crippen molar-refractivity contribution in [3.8, 4) is 0 Å². The summed E-state index contributed by atoms with van der Waals surface area (Å²) in [5.41, 5.74) is 2.77. The third-order valence-corrected chi connectivity index (χ3v) is 3.87. The first-order valence-electron chi connectivity index (χ1n) is 6.49. The Morgan fingerprint density at radius 3 is 2.75 bits per heavy atom. The van der Waals surface area contributed by atoms with Crippen molar-refractivity contribution < 1.29 is 0 Å². The monoisotopic (exact) mass is 217 g/mol. The largest absolute Gasteiger partial charge is 0.307 e. The van der Waals surface area contributed by atoms with Gasteiger partial charge in [0, 0.05) is 12.1 Å². The molecule has 88 valence electrons. The lowest BCUT2D eigenvalue weighted by Gasteiger charge is -2.23. The zero-order valence-corrected chi connectivity index (χ0v) is 10.7. The van der Waals surface area contributed by atoms with Crippen LogP contribution in [0.3, 0.4) is 0 Å². The summed E-state index contributed by atoms with van der Waals surface area (Å²) in [4.78, 5) is 0. The normalized spacial score (nSPS) is 26.9. The van der Waals surface area contributed by atoms with Crippen LogP contribution in [0.4, 0.5) is 0 Å². The lowest BCUT2D eigenvalue weighted by molar-refractivity contribution is 0.388. The minimum atomic E-state index is 0.477. The Morgan fingerprint density at radius 2 is 2.12 bits per heavy atom. The van der Waals surface area contributed by atoms with Crippen molar-refractivity contribution in [2.24, 2.45) is 5.92 Å². The van der Waals surface area contributed by atoms with Gasteiger partial charge in [-0.15, -0.1) is 0 Å². The Kier molecular flexibility index (Phi) is 3.65. The molecule has 0 aliphatic heterocycles. The van der Waals surface area contributed by atoms with Gasteiger partial charge >= 0.3 is 0 Å². The number of aryl methyl sites for hydroxylation is 1. The summed E-state index contributed by atoms with van der Waals surface area (Å²) in [5, 5.41) is 3.77. The van der Waals surface area contributed by atoms with Gasteiger partial charge in [0.05, 0.1) is 0 Å². The highest BCUT2D eigenvalue weighted by atomic mass is 15.0. The maximum absolute atomic E-state index is 3.77. The molecule has 1 aliphatic carbocycles. The van der Waals surface area contributed by atoms with Crippen LogP contribution in [0.1, 0.15) is 50.3 Å². The molecular weight excluding hydrogens is 194 g/mol. The summed E-state index contributed by atoms with van der Waals surface area (Å²) in [6, 6.07) is 10.0. The van der Waals surface area contributed by atoms with Crippen LogP contribution in [0.15, 0.2) is 24.3 Å². The molecular formula is C15H23N. The van der Waals surface area contributed by atoms with E-state index in [0.29, 0.717) is 6.04 Å². The molecule has 0 heterocycles. The molecule has 1 saturated carbocycles. The van der Waals surface area contributed by atoms with E-state index in [-0.39, 0.29) is 0 Å². The highest BCUT2D eigenvalue weighted by Crippen LogP contribution is 2.27. The average molecular weight is 217 g/mol. The van der Waals surface area contributed by atoms with E-state index in [1.54, 1.807) is 0 Å². The molecule has 0 amide bonds. The zero-order chi connectivity index (χ0) is 11.5. The second-order valence-corrected chi connectivity index (χ2v) is 5.32. The Hall–Kier alpha value is -0.820. The molecule has 1 aromatic rings. The van der Waals surface area contributed by atoms with Crippen molar-refractivity contribution >= 4 is 0 Å². The molecule has 1 nitrogen and oxygen atoms in total. The van der Waals surface area contributed by atoms with Crippen LogP contribution in [0.2, 0.25) is 0 Å². The molecule has 3 atom stereocenters. The van der Waals surface area contributed by atoms with E-state index in [4.69, 9.17) is 0 Å². The lowest BCUT2D eigenvalue weighted by atomic mass is 10.0. The number of rotatable bonds is 3. The smallest absolute Gasteiger partial charge is 0.0294 e. The molecule has 1 heteroatoms. The standard InChI is InChI=1S/C15H23N/c1-11-6-4-8-14(10-11)13(3)16-15-9-5-7-12(15)2/h4,6,8,10,12-13,15-16H,5,7,9H2,1-3H3/t12?,13-,15?/m1/s1. The topological polar surface area (TPSA) is 12.0 Å². The quantitative estimate of drug-likeness (QED) is 0.811. The van der Waals surface area contributed by atoms with Gasteiger partial charge in [0.25, 0.3) is 0 Å². The van der Waals surface area contributed by atoms with Crippen LogP contribution in [-0.2, 0) is 0 Å². The first-order chi connectivity index (χ1) is 7.66. The van der Waals surface area contributed by atoms with Crippen molar-refractivity contribution in [3.05, 3.63) is 35.4 Å². The summed E-state index contributed by atoms with van der Waals surface area (Å²) >= 11 is 0. The minimum Gasteiger partial charge on any atom is -0.307 e. The molecule has 1 N–H and O–H groups in total. The van der Waals surface area contributed by atoms with Crippen molar-refractivity contribution in [1.29, 1.82) is 0 Å². The Balaban J connectivity index is 1.99. The van der Waals surface area contributed by atoms with Gasteiger partial charge in [-0.25, -0.2) is 0 Å². The van der Waals surface area contributed by atoms with Gasteiger partial charge in [0.1, 0.15) is 0 Å². The molecule has 1 aliphatic rings. The van der Waals surface area contributed by atoms with Crippen molar-refractivity contribution in [1.82, 2.24) is 5.32 Å². The highest BCUT2D eigenvalue weighted by Gasteiger charge is 2.24. The Bertz CT molecular complexity index is 345. The molecule has 2 unspecified atom stereocenters. The van der Waals surface area contributed by atoms with E-state index in [0.717, 1.165) is 12.0 Å². The predicted octanol–water partition coefficient (Wildman–Crippen LogP) is 3.83. The van der Waals surface area contributed by atoms with E-state index in [1.807, 2.05) is 0 Å². The third kappa shape index (κ3) is 2.65. The molecule has 0 aromatic heterocycles. The molecule has 0 spiro atoms. The average Bonchev–Trinajstić information content (AvgIpc) is 2.64. The first-order valence-corrected chi connectivity index (χ1v) is 6.49. The first kappa shape index (κ1) is 11.7. The maximum atomic E-state index is 3.77. The summed E-state index contributed by atoms with van der Waals surface area (Å²) in [6.45, 7) is 6.81. The molecule has 16 heavy (non-hydrogen) atoms. The van der Waals surface area contributed by atoms with Crippen LogP contribution in [-0.4, -0.2) is 6.04 Å². The van der Waals surface area contributed by atoms with Crippen LogP contribution in [0, 0.1) is 12.8 Å². The van der Waals surface area contributed by atoms with E-state index in [9.17, 15) is 0 Å². The fraction of sp³-hybridized carbons (Fsp3) is 0.600. The second kappa shape index (κ2) is 5.01. The molecule has 0 saturated heterocycles. The summed E-state index contributed by atoms with van der Waals surface area (Å²) < 4.78 is 0. The number of benzene rings is 1. The SMILES string of the molecule is Cc1cccc([C@@H](C)NC2CCCC2C)c1. The maximum Gasteiger partial charge on any atom is 0.0294 e. The van der Waals surface area contributed by atoms with Gasteiger partial charge in [-0.05, 0) is 38.2 Å². The van der Waals surface area contributed by atoms with Gasteiger partial charge in [-0.3, -0.25) is 0 Å². The van der Waals surface area contributed by atoms with Crippen LogP contribution >= 0.6 is 0 Å². The molecule has 1 aromatic carbocycles. The van der Waals surface area contributed by atoms with Gasteiger partial charge in [-0.2, -0.15) is 0 Å². The van der Waals surface area contributed by atoms with Gasteiger partial charge in [0.2, 0.25) is 0 Å². The second-order valence-electron chi connectivity index (χ2n) is 5.32. The number of hydrogen-bond acceptors (Lipinski definition) is 1. The molecule has 1 fully saturated rings. The molecule has 2 rings (SSSR count). The number of nitrogens with one attached hydrogen (secondary N) is 1. The Labute approximate surface area is 99.3 Å². The highest BCUT2D eigenvalue weighted by molar-refractivity contribution is 5.24. The molecule has 0 bridgehead atoms. The number of hydrogen-bond donors (Lipinski definition) is 1. The summed E-state index contributed by atoms with van der Waals surface area (Å²) in [6.07, 6.45) is 4.12. The fourth-order valence-corrected chi connectivity index (χ4v) is 2.75. The minimum absolute atomic E-state index is 0.477. The van der Waals surface area contributed by atoms with Crippen molar-refractivity contribution in [2.75, 3.05) is 0 Å². The Morgan fingerprint density at radius 1 is 1.31 bits per heavy atom. The van der Waals surface area contributed by atoms with E-state index in [1.165, 1.54) is 30.4 Å². The van der Waals surface area contributed by atoms with Crippen LogP contribution in [0.25, 0.3) is 0 Å². The van der Waals surface area contributed by atoms with E-state index >= 15 is 0 Å². The summed E-state index contributed by atoms with van der Waals surface area (Å²) in [7, 11) is 0. The third-order valence-electron chi connectivity index (χ3n) is 3.87. The molecule has 0 radical (unpaired) electrons. The van der Waals surface area contributed by atoms with Crippen LogP contribution in [0.5, 0.6) is 0 Å². The van der Waals surface area contributed by atoms with Crippen molar-refractivity contribution in [2.45, 2.75) is 52.1 Å². The van der Waals surface area contributed by atoms with Gasteiger partial charge < -0.3 is 5.32 Å². The fourth-order valence-electron chi connectivity index (χ4n) is 2.75. The lowest BCUT2D eigenvalue weighted by Crippen LogP contribution is -2.33. The van der Waals surface area contributed by atoms with Gasteiger partial charge in [-0.1, -0.05) is 43.2 Å². The van der Waals surface area contributed by atoms with Crippen molar-refractivity contribution in [3.63, 3.8) is 0 Å². The summed E-state index contributed by atoms with van der Waals surface area (Å²) in [5.74, 6) is 0.840. The van der Waals surface area contributed by atoms with Crippen LogP contribution < -0.4 is 5.32 Å². The van der Waals surface area contributed by atoms with E-state index in [2.05, 4.69) is 50.4 Å². The van der Waals surface area contributed by atoms with Gasteiger partial charge in [0.15, 0.2) is 0 Å².